The van der Waals surface area contributed by atoms with Crippen molar-refractivity contribution in [2.45, 2.75) is 25.5 Å². The molecule has 1 amide bonds. The fraction of sp³-hybridized carbons (Fsp3) is 0.333. The van der Waals surface area contributed by atoms with Crippen LogP contribution in [0, 0.1) is 13.8 Å². The van der Waals surface area contributed by atoms with Gasteiger partial charge >= 0.3 is 0 Å². The Morgan fingerprint density at radius 1 is 1.27 bits per heavy atom. The van der Waals surface area contributed by atoms with Crippen LogP contribution in [0.2, 0.25) is 0 Å². The van der Waals surface area contributed by atoms with E-state index < -0.39 is 0 Å². The van der Waals surface area contributed by atoms with E-state index in [1.165, 1.54) is 11.8 Å². The molecule has 1 aromatic carbocycles. The zero-order valence-corrected chi connectivity index (χ0v) is 16.1. The van der Waals surface area contributed by atoms with E-state index in [1.807, 2.05) is 44.2 Å². The van der Waals surface area contributed by atoms with Crippen LogP contribution in [0.3, 0.4) is 0 Å². The molecule has 0 unspecified atom stereocenters. The first kappa shape index (κ1) is 18.2. The molecular formula is C18H21N5O2S. The Hall–Kier alpha value is -2.61. The van der Waals surface area contributed by atoms with Crippen molar-refractivity contribution in [2.75, 3.05) is 19.9 Å². The Morgan fingerprint density at radius 3 is 2.81 bits per heavy atom. The number of hydrogen-bond donors (Lipinski definition) is 0. The lowest BCUT2D eigenvalue weighted by atomic mass is 10.2. The van der Waals surface area contributed by atoms with Crippen LogP contribution >= 0.6 is 11.8 Å². The zero-order chi connectivity index (χ0) is 18.7. The number of aromatic nitrogens is 4. The minimum absolute atomic E-state index is 0.000578. The van der Waals surface area contributed by atoms with Gasteiger partial charge in [0.15, 0.2) is 0 Å². The van der Waals surface area contributed by atoms with Gasteiger partial charge in [-0.2, -0.15) is 4.98 Å². The zero-order valence-electron chi connectivity index (χ0n) is 15.3. The lowest BCUT2D eigenvalue weighted by Crippen LogP contribution is -2.28. The number of benzene rings is 1. The second-order valence-corrected chi connectivity index (χ2v) is 6.94. The number of methoxy groups -OCH3 is 1. The van der Waals surface area contributed by atoms with Gasteiger partial charge in [0.1, 0.15) is 5.75 Å². The van der Waals surface area contributed by atoms with Crippen LogP contribution in [0.1, 0.15) is 17.0 Å². The SMILES string of the molecule is COc1ccccc1CN(C)C(=O)CSc1nc2nc(C)cc(C)n2n1. The number of ether oxygens (including phenoxy) is 1. The first-order valence-corrected chi connectivity index (χ1v) is 9.16. The van der Waals surface area contributed by atoms with Crippen LogP contribution in [0.4, 0.5) is 0 Å². The van der Waals surface area contributed by atoms with Gasteiger partial charge < -0.3 is 9.64 Å². The van der Waals surface area contributed by atoms with Crippen molar-refractivity contribution in [3.8, 4) is 5.75 Å². The molecule has 0 aliphatic carbocycles. The number of carbonyl (C=O) groups excluding carboxylic acids is 1. The molecule has 26 heavy (non-hydrogen) atoms. The monoisotopic (exact) mass is 371 g/mol. The maximum Gasteiger partial charge on any atom is 0.253 e. The second kappa shape index (κ2) is 7.74. The van der Waals surface area contributed by atoms with Crippen molar-refractivity contribution < 1.29 is 9.53 Å². The van der Waals surface area contributed by atoms with Crippen LogP contribution < -0.4 is 4.74 Å². The van der Waals surface area contributed by atoms with Gasteiger partial charge in [0.2, 0.25) is 11.1 Å². The number of aryl methyl sites for hydroxylation is 2. The summed E-state index contributed by atoms with van der Waals surface area (Å²) in [5.74, 6) is 1.60. The van der Waals surface area contributed by atoms with E-state index in [2.05, 4.69) is 15.1 Å². The largest absolute Gasteiger partial charge is 0.496 e. The molecule has 8 heteroatoms. The third kappa shape index (κ3) is 3.96. The Bertz CT molecular complexity index is 940. The molecule has 0 radical (unpaired) electrons. The predicted molar refractivity (Wildman–Crippen MR) is 100 cm³/mol. The maximum absolute atomic E-state index is 12.4. The normalized spacial score (nSPS) is 10.9. The number of hydrogen-bond acceptors (Lipinski definition) is 6. The smallest absolute Gasteiger partial charge is 0.253 e. The van der Waals surface area contributed by atoms with Gasteiger partial charge in [0.05, 0.1) is 12.9 Å². The van der Waals surface area contributed by atoms with Crippen molar-refractivity contribution in [2.24, 2.45) is 0 Å². The molecule has 3 rings (SSSR count). The van der Waals surface area contributed by atoms with Crippen molar-refractivity contribution in [1.29, 1.82) is 0 Å². The highest BCUT2D eigenvalue weighted by atomic mass is 32.2. The summed E-state index contributed by atoms with van der Waals surface area (Å²) in [6.07, 6.45) is 0. The van der Waals surface area contributed by atoms with E-state index >= 15 is 0 Å². The molecule has 0 saturated carbocycles. The van der Waals surface area contributed by atoms with Crippen molar-refractivity contribution in [1.82, 2.24) is 24.5 Å². The Kier molecular flexibility index (Phi) is 5.41. The number of amides is 1. The average molecular weight is 371 g/mol. The molecule has 0 bridgehead atoms. The van der Waals surface area contributed by atoms with E-state index in [4.69, 9.17) is 4.74 Å². The summed E-state index contributed by atoms with van der Waals surface area (Å²) in [7, 11) is 3.41. The third-order valence-corrected chi connectivity index (χ3v) is 4.77. The topological polar surface area (TPSA) is 72.6 Å². The number of nitrogens with zero attached hydrogens (tertiary/aromatic N) is 5. The first-order chi connectivity index (χ1) is 12.5. The number of carbonyl (C=O) groups is 1. The van der Waals surface area contributed by atoms with Crippen LogP contribution in [0.25, 0.3) is 5.78 Å². The van der Waals surface area contributed by atoms with Gasteiger partial charge in [-0.05, 0) is 26.0 Å². The summed E-state index contributed by atoms with van der Waals surface area (Å²) < 4.78 is 7.03. The maximum atomic E-state index is 12.4. The Labute approximate surface area is 156 Å². The molecular weight excluding hydrogens is 350 g/mol. The molecule has 0 aliphatic rings. The number of thioether (sulfide) groups is 1. The summed E-state index contributed by atoms with van der Waals surface area (Å²) >= 11 is 1.31. The van der Waals surface area contributed by atoms with Crippen molar-refractivity contribution >= 4 is 23.4 Å². The molecule has 0 atom stereocenters. The van der Waals surface area contributed by atoms with Crippen LogP contribution in [0.15, 0.2) is 35.5 Å². The van der Waals surface area contributed by atoms with Gasteiger partial charge in [-0.15, -0.1) is 5.10 Å². The third-order valence-electron chi connectivity index (χ3n) is 3.95. The lowest BCUT2D eigenvalue weighted by Gasteiger charge is -2.18. The van der Waals surface area contributed by atoms with E-state index in [0.717, 1.165) is 22.7 Å². The van der Waals surface area contributed by atoms with Crippen LogP contribution in [-0.2, 0) is 11.3 Å². The average Bonchev–Trinajstić information content (AvgIpc) is 3.03. The fourth-order valence-electron chi connectivity index (χ4n) is 2.62. The molecule has 3 aromatic rings. The van der Waals surface area contributed by atoms with E-state index in [9.17, 15) is 4.79 Å². The van der Waals surface area contributed by atoms with Crippen LogP contribution in [0.5, 0.6) is 5.75 Å². The quantitative estimate of drug-likeness (QED) is 0.620. The highest BCUT2D eigenvalue weighted by molar-refractivity contribution is 7.99. The first-order valence-electron chi connectivity index (χ1n) is 8.17. The predicted octanol–water partition coefficient (Wildman–Crippen LogP) is 2.50. The standard InChI is InChI=1S/C18H21N5O2S/c1-12-9-13(2)23-17(19-12)20-18(21-23)26-11-16(24)22(3)10-14-7-5-6-8-15(14)25-4/h5-9H,10-11H2,1-4H3. The molecule has 0 saturated heterocycles. The summed E-state index contributed by atoms with van der Waals surface area (Å²) in [4.78, 5) is 22.9. The Balaban J connectivity index is 1.64. The van der Waals surface area contributed by atoms with E-state index in [1.54, 1.807) is 23.6 Å². The van der Waals surface area contributed by atoms with Gasteiger partial charge in [-0.1, -0.05) is 30.0 Å². The highest BCUT2D eigenvalue weighted by Gasteiger charge is 2.15. The molecule has 136 valence electrons. The van der Waals surface area contributed by atoms with E-state index in [-0.39, 0.29) is 11.7 Å². The minimum Gasteiger partial charge on any atom is -0.496 e. The number of rotatable bonds is 6. The summed E-state index contributed by atoms with van der Waals surface area (Å²) in [5, 5.41) is 4.96. The molecule has 0 fully saturated rings. The molecule has 0 aliphatic heterocycles. The molecule has 2 aromatic heterocycles. The second-order valence-electron chi connectivity index (χ2n) is 6.00. The summed E-state index contributed by atoms with van der Waals surface area (Å²) in [6.45, 7) is 4.36. The number of para-hydroxylation sites is 1. The molecule has 0 N–H and O–H groups in total. The van der Waals surface area contributed by atoms with Gasteiger partial charge in [0.25, 0.3) is 5.78 Å². The van der Waals surface area contributed by atoms with Gasteiger partial charge in [-0.25, -0.2) is 9.50 Å². The van der Waals surface area contributed by atoms with Gasteiger partial charge in [-0.3, -0.25) is 4.79 Å². The molecule has 0 spiro atoms. The highest BCUT2D eigenvalue weighted by Crippen LogP contribution is 2.20. The van der Waals surface area contributed by atoms with E-state index in [0.29, 0.717) is 17.5 Å². The summed E-state index contributed by atoms with van der Waals surface area (Å²) in [5.41, 5.74) is 2.83. The van der Waals surface area contributed by atoms with Crippen LogP contribution in [-0.4, -0.2) is 50.3 Å². The fourth-order valence-corrected chi connectivity index (χ4v) is 3.38. The summed E-state index contributed by atoms with van der Waals surface area (Å²) in [6, 6.07) is 9.63. The Morgan fingerprint density at radius 2 is 2.04 bits per heavy atom. The molecule has 2 heterocycles. The van der Waals surface area contributed by atoms with Crippen molar-refractivity contribution in [3.05, 3.63) is 47.3 Å². The van der Waals surface area contributed by atoms with Crippen molar-refractivity contribution in [3.63, 3.8) is 0 Å². The van der Waals surface area contributed by atoms with Gasteiger partial charge in [0, 0.05) is 30.5 Å². The lowest BCUT2D eigenvalue weighted by molar-refractivity contribution is -0.127. The number of fused-ring (bicyclic) bond motifs is 1. The molecule has 7 nitrogen and oxygen atoms in total. The minimum atomic E-state index is 0.000578.